The molecule has 1 aliphatic rings. The molecule has 2 aromatic rings. The number of aliphatic hydroxyl groups is 1. The lowest BCUT2D eigenvalue weighted by Crippen LogP contribution is -2.23. The number of aliphatic hydroxyl groups excluding tert-OH is 1. The lowest BCUT2D eigenvalue weighted by atomic mass is 10.1. The molecule has 0 amide bonds. The highest BCUT2D eigenvalue weighted by atomic mass is 16.3. The minimum Gasteiger partial charge on any atom is -0.396 e. The maximum Gasteiger partial charge on any atom is 0.258 e. The summed E-state index contributed by atoms with van der Waals surface area (Å²) in [7, 11) is 0. The van der Waals surface area contributed by atoms with Crippen LogP contribution in [-0.4, -0.2) is 39.1 Å². The fourth-order valence-corrected chi connectivity index (χ4v) is 2.89. The Kier molecular flexibility index (Phi) is 3.80. The second kappa shape index (κ2) is 5.73. The van der Waals surface area contributed by atoms with Crippen LogP contribution in [0.3, 0.4) is 0 Å². The highest BCUT2D eigenvalue weighted by Gasteiger charge is 2.22. The van der Waals surface area contributed by atoms with E-state index in [4.69, 9.17) is 5.11 Å². The van der Waals surface area contributed by atoms with Crippen molar-refractivity contribution in [3.05, 3.63) is 46.5 Å². The number of hydrogen-bond donors (Lipinski definition) is 1. The van der Waals surface area contributed by atoms with Crippen LogP contribution in [0.4, 0.5) is 0 Å². The zero-order valence-electron chi connectivity index (χ0n) is 11.4. The van der Waals surface area contributed by atoms with Gasteiger partial charge in [-0.15, -0.1) is 0 Å². The van der Waals surface area contributed by atoms with E-state index in [1.165, 1.54) is 0 Å². The van der Waals surface area contributed by atoms with Gasteiger partial charge in [-0.1, -0.05) is 6.07 Å². The van der Waals surface area contributed by atoms with E-state index in [1.807, 2.05) is 18.2 Å². The van der Waals surface area contributed by atoms with Crippen LogP contribution in [0.1, 0.15) is 18.5 Å². The van der Waals surface area contributed by atoms with Gasteiger partial charge in [0.1, 0.15) is 5.65 Å². The van der Waals surface area contributed by atoms with Crippen LogP contribution in [0.25, 0.3) is 5.65 Å². The molecule has 3 heterocycles. The second-order valence-corrected chi connectivity index (χ2v) is 5.42. The Morgan fingerprint density at radius 2 is 2.30 bits per heavy atom. The van der Waals surface area contributed by atoms with Crippen LogP contribution in [0.15, 0.2) is 35.3 Å². The van der Waals surface area contributed by atoms with Gasteiger partial charge in [0.15, 0.2) is 0 Å². The Balaban J connectivity index is 1.77. The Labute approximate surface area is 117 Å². The lowest BCUT2D eigenvalue weighted by Gasteiger charge is -2.15. The monoisotopic (exact) mass is 273 g/mol. The fourth-order valence-electron chi connectivity index (χ4n) is 2.89. The molecule has 0 bridgehead atoms. The van der Waals surface area contributed by atoms with Crippen molar-refractivity contribution in [2.24, 2.45) is 5.92 Å². The molecule has 1 unspecified atom stereocenters. The molecule has 0 spiro atoms. The standard InChI is InChI=1S/C15H19N3O2/c19-8-5-12-4-7-17(10-12)11-13-9-15(20)18-6-2-1-3-14(18)16-13/h1-3,6,9,12,19H,4-5,7-8,10-11H2. The molecule has 1 atom stereocenters. The molecule has 0 radical (unpaired) electrons. The first-order valence-electron chi connectivity index (χ1n) is 7.07. The molecular formula is C15H19N3O2. The zero-order chi connectivity index (χ0) is 13.9. The lowest BCUT2D eigenvalue weighted by molar-refractivity contribution is 0.249. The van der Waals surface area contributed by atoms with Gasteiger partial charge in [-0.3, -0.25) is 14.1 Å². The van der Waals surface area contributed by atoms with Crippen molar-refractivity contribution in [3.8, 4) is 0 Å². The summed E-state index contributed by atoms with van der Waals surface area (Å²) < 4.78 is 1.56. The fraction of sp³-hybridized carbons (Fsp3) is 0.467. The summed E-state index contributed by atoms with van der Waals surface area (Å²) in [4.78, 5) is 18.9. The summed E-state index contributed by atoms with van der Waals surface area (Å²) in [6.45, 7) is 2.97. The Hall–Kier alpha value is -1.72. The molecule has 2 aromatic heterocycles. The molecule has 1 aliphatic heterocycles. The smallest absolute Gasteiger partial charge is 0.258 e. The average molecular weight is 273 g/mol. The quantitative estimate of drug-likeness (QED) is 0.899. The molecule has 1 fully saturated rings. The van der Waals surface area contributed by atoms with Crippen LogP contribution in [-0.2, 0) is 6.54 Å². The van der Waals surface area contributed by atoms with Gasteiger partial charge in [0.2, 0.25) is 0 Å². The van der Waals surface area contributed by atoms with Gasteiger partial charge in [0.25, 0.3) is 5.56 Å². The minimum atomic E-state index is -0.0308. The van der Waals surface area contributed by atoms with Gasteiger partial charge in [-0.2, -0.15) is 0 Å². The predicted molar refractivity (Wildman–Crippen MR) is 76.5 cm³/mol. The van der Waals surface area contributed by atoms with E-state index in [-0.39, 0.29) is 12.2 Å². The topological polar surface area (TPSA) is 57.8 Å². The number of fused-ring (bicyclic) bond motifs is 1. The molecule has 5 nitrogen and oxygen atoms in total. The molecule has 0 aromatic carbocycles. The first-order valence-corrected chi connectivity index (χ1v) is 7.07. The van der Waals surface area contributed by atoms with Crippen molar-refractivity contribution >= 4 is 5.65 Å². The molecule has 106 valence electrons. The Morgan fingerprint density at radius 3 is 3.15 bits per heavy atom. The minimum absolute atomic E-state index is 0.0308. The number of nitrogens with zero attached hydrogens (tertiary/aromatic N) is 3. The number of hydrogen-bond acceptors (Lipinski definition) is 4. The van der Waals surface area contributed by atoms with Gasteiger partial charge in [-0.25, -0.2) is 4.98 Å². The highest BCUT2D eigenvalue weighted by molar-refractivity contribution is 5.37. The summed E-state index contributed by atoms with van der Waals surface area (Å²) in [5.74, 6) is 0.571. The van der Waals surface area contributed by atoms with Gasteiger partial charge in [-0.05, 0) is 37.4 Å². The van der Waals surface area contributed by atoms with Gasteiger partial charge in [0, 0.05) is 32.0 Å². The van der Waals surface area contributed by atoms with Crippen molar-refractivity contribution in [2.75, 3.05) is 19.7 Å². The van der Waals surface area contributed by atoms with Crippen molar-refractivity contribution in [2.45, 2.75) is 19.4 Å². The first-order chi connectivity index (χ1) is 9.76. The van der Waals surface area contributed by atoms with Gasteiger partial charge >= 0.3 is 0 Å². The summed E-state index contributed by atoms with van der Waals surface area (Å²) in [5.41, 5.74) is 1.49. The number of rotatable bonds is 4. The number of pyridine rings is 1. The largest absolute Gasteiger partial charge is 0.396 e. The van der Waals surface area contributed by atoms with E-state index in [2.05, 4.69) is 9.88 Å². The van der Waals surface area contributed by atoms with E-state index < -0.39 is 0 Å². The van der Waals surface area contributed by atoms with E-state index in [0.717, 1.165) is 31.6 Å². The summed E-state index contributed by atoms with van der Waals surface area (Å²) in [6, 6.07) is 7.18. The van der Waals surface area contributed by atoms with Crippen molar-refractivity contribution < 1.29 is 5.11 Å². The van der Waals surface area contributed by atoms with Crippen LogP contribution in [0.2, 0.25) is 0 Å². The Morgan fingerprint density at radius 1 is 1.40 bits per heavy atom. The second-order valence-electron chi connectivity index (χ2n) is 5.42. The SMILES string of the molecule is O=c1cc(CN2CCC(CCO)C2)nc2ccccn12. The van der Waals surface area contributed by atoms with E-state index >= 15 is 0 Å². The zero-order valence-corrected chi connectivity index (χ0v) is 11.4. The third kappa shape index (κ3) is 2.73. The van der Waals surface area contributed by atoms with Crippen molar-refractivity contribution in [3.63, 3.8) is 0 Å². The highest BCUT2D eigenvalue weighted by Crippen LogP contribution is 2.20. The van der Waals surface area contributed by atoms with Crippen LogP contribution in [0, 0.1) is 5.92 Å². The van der Waals surface area contributed by atoms with E-state index in [1.54, 1.807) is 16.7 Å². The molecular weight excluding hydrogens is 254 g/mol. The number of aromatic nitrogens is 2. The van der Waals surface area contributed by atoms with Crippen molar-refractivity contribution in [1.29, 1.82) is 0 Å². The molecule has 1 N–H and O–H groups in total. The summed E-state index contributed by atoms with van der Waals surface area (Å²) in [5, 5.41) is 8.98. The van der Waals surface area contributed by atoms with Gasteiger partial charge in [0.05, 0.1) is 5.69 Å². The summed E-state index contributed by atoms with van der Waals surface area (Å²) in [6.07, 6.45) is 3.72. The predicted octanol–water partition coefficient (Wildman–Crippen LogP) is 0.899. The third-order valence-electron chi connectivity index (χ3n) is 3.92. The van der Waals surface area contributed by atoms with E-state index in [0.29, 0.717) is 18.1 Å². The van der Waals surface area contributed by atoms with Gasteiger partial charge < -0.3 is 5.11 Å². The third-order valence-corrected chi connectivity index (χ3v) is 3.92. The maximum atomic E-state index is 12.0. The Bertz CT molecular complexity index is 653. The maximum absolute atomic E-state index is 12.0. The summed E-state index contributed by atoms with van der Waals surface area (Å²) >= 11 is 0. The molecule has 1 saturated heterocycles. The molecule has 0 saturated carbocycles. The van der Waals surface area contributed by atoms with Crippen LogP contribution in [0.5, 0.6) is 0 Å². The number of likely N-dealkylation sites (tertiary alicyclic amines) is 1. The normalized spacial score (nSPS) is 19.8. The first kappa shape index (κ1) is 13.3. The molecule has 3 rings (SSSR count). The molecule has 5 heteroatoms. The van der Waals surface area contributed by atoms with Crippen molar-refractivity contribution in [1.82, 2.24) is 14.3 Å². The molecule has 20 heavy (non-hydrogen) atoms. The van der Waals surface area contributed by atoms with E-state index in [9.17, 15) is 4.79 Å². The van der Waals surface area contributed by atoms with Crippen LogP contribution < -0.4 is 5.56 Å². The average Bonchev–Trinajstić information content (AvgIpc) is 2.87. The van der Waals surface area contributed by atoms with Crippen LogP contribution >= 0.6 is 0 Å². The molecule has 0 aliphatic carbocycles.